The van der Waals surface area contributed by atoms with Crippen molar-refractivity contribution in [1.29, 1.82) is 0 Å². The first kappa shape index (κ1) is 15.6. The second-order valence-electron chi connectivity index (χ2n) is 3.28. The average Bonchev–Trinajstić information content (AvgIpc) is 2.26. The monoisotopic (exact) mass is 303 g/mol. The fraction of sp³-hybridized carbons (Fsp3) is 0.400. The Morgan fingerprint density at radius 3 is 2.47 bits per heavy atom. The van der Waals surface area contributed by atoms with Crippen LogP contribution in [-0.4, -0.2) is 17.6 Å². The van der Waals surface area contributed by atoms with Crippen molar-refractivity contribution < 1.29 is 31.5 Å². The number of hydrogen-bond acceptors (Lipinski definition) is 3. The van der Waals surface area contributed by atoms with Crippen LogP contribution in [0.4, 0.5) is 22.0 Å². The van der Waals surface area contributed by atoms with Crippen molar-refractivity contribution >= 4 is 17.6 Å². The van der Waals surface area contributed by atoms with Crippen LogP contribution in [0.5, 0.6) is 0 Å². The van der Waals surface area contributed by atoms with Gasteiger partial charge in [-0.05, 0) is 13.0 Å². The first-order valence-electron chi connectivity index (χ1n) is 4.91. The summed E-state index contributed by atoms with van der Waals surface area (Å²) >= 11 is 5.20. The summed E-state index contributed by atoms with van der Waals surface area (Å²) in [7, 11) is 0. The van der Waals surface area contributed by atoms with Crippen molar-refractivity contribution in [3.8, 4) is 0 Å². The lowest BCUT2D eigenvalue weighted by Gasteiger charge is -2.13. The molecule has 0 saturated heterocycles. The van der Waals surface area contributed by atoms with Gasteiger partial charge in [0.15, 0.2) is 0 Å². The van der Waals surface area contributed by atoms with Crippen molar-refractivity contribution in [2.45, 2.75) is 19.5 Å². The molecule has 0 aromatic carbocycles. The molecule has 0 amide bonds. The van der Waals surface area contributed by atoms with E-state index in [9.17, 15) is 26.7 Å². The van der Waals surface area contributed by atoms with Crippen LogP contribution in [0.3, 0.4) is 0 Å². The molecule has 0 N–H and O–H groups in total. The Morgan fingerprint density at radius 2 is 2.05 bits per heavy atom. The van der Waals surface area contributed by atoms with E-state index in [1.54, 1.807) is 0 Å². The summed E-state index contributed by atoms with van der Waals surface area (Å²) in [5.74, 6) is -1.31. The highest BCUT2D eigenvalue weighted by molar-refractivity contribution is 6.30. The third-order valence-corrected chi connectivity index (χ3v) is 2.30. The molecule has 9 heteroatoms. The van der Waals surface area contributed by atoms with Crippen molar-refractivity contribution in [2.24, 2.45) is 0 Å². The summed E-state index contributed by atoms with van der Waals surface area (Å²) in [5.41, 5.74) is -3.56. The third-order valence-electron chi connectivity index (χ3n) is 2.01. The summed E-state index contributed by atoms with van der Waals surface area (Å²) in [5, 5.41) is -1.14. The van der Waals surface area contributed by atoms with Crippen LogP contribution in [-0.2, 0) is 10.9 Å². The molecule has 1 aromatic rings. The van der Waals surface area contributed by atoms with E-state index in [4.69, 9.17) is 11.6 Å². The topological polar surface area (TPSA) is 39.2 Å². The minimum atomic E-state index is -4.91. The largest absolute Gasteiger partial charge is 0.462 e. The predicted molar refractivity (Wildman–Crippen MR) is 55.2 cm³/mol. The maximum atomic E-state index is 12.6. The number of ether oxygens (including phenoxy) is 1. The smallest absolute Gasteiger partial charge is 0.419 e. The number of nitrogens with zero attached hydrogens (tertiary/aromatic N) is 1. The molecule has 0 spiro atoms. The molecular weight excluding hydrogens is 297 g/mol. The van der Waals surface area contributed by atoms with Crippen LogP contribution in [0.15, 0.2) is 6.07 Å². The van der Waals surface area contributed by atoms with E-state index < -0.39 is 40.5 Å². The van der Waals surface area contributed by atoms with E-state index >= 15 is 0 Å². The number of alkyl halides is 5. The van der Waals surface area contributed by atoms with Gasteiger partial charge in [-0.2, -0.15) is 13.2 Å². The quantitative estimate of drug-likeness (QED) is 0.483. The molecule has 3 nitrogen and oxygen atoms in total. The van der Waals surface area contributed by atoms with Gasteiger partial charge in [0.1, 0.15) is 10.8 Å². The van der Waals surface area contributed by atoms with Gasteiger partial charge < -0.3 is 4.74 Å². The Hall–Kier alpha value is -1.44. The molecule has 0 aliphatic rings. The van der Waals surface area contributed by atoms with Crippen LogP contribution in [0.1, 0.15) is 35.0 Å². The predicted octanol–water partition coefficient (Wildman–Crippen LogP) is 3.87. The van der Waals surface area contributed by atoms with Crippen molar-refractivity contribution in [1.82, 2.24) is 4.98 Å². The molecule has 0 atom stereocenters. The highest BCUT2D eigenvalue weighted by Crippen LogP contribution is 2.36. The second-order valence-corrected chi connectivity index (χ2v) is 3.64. The molecule has 1 rings (SSSR count). The van der Waals surface area contributed by atoms with Gasteiger partial charge in [0.2, 0.25) is 0 Å². The van der Waals surface area contributed by atoms with E-state index in [1.807, 2.05) is 0 Å². The maximum absolute atomic E-state index is 12.6. The SMILES string of the molecule is CCOC(=O)c1cc(C(F)(F)F)c(Cl)nc1C(F)F. The maximum Gasteiger partial charge on any atom is 0.419 e. The number of pyridine rings is 1. The summed E-state index contributed by atoms with van der Waals surface area (Å²) < 4.78 is 67.3. The normalized spacial score (nSPS) is 11.8. The molecule has 1 heterocycles. The minimum Gasteiger partial charge on any atom is -0.462 e. The van der Waals surface area contributed by atoms with Gasteiger partial charge in [0.05, 0.1) is 17.7 Å². The molecule has 0 unspecified atom stereocenters. The Labute approximate surface area is 109 Å². The lowest BCUT2D eigenvalue weighted by Crippen LogP contribution is -2.15. The number of aromatic nitrogens is 1. The molecule has 0 aliphatic carbocycles. The number of carbonyl (C=O) groups excluding carboxylic acids is 1. The van der Waals surface area contributed by atoms with Crippen LogP contribution in [0, 0.1) is 0 Å². The zero-order valence-corrected chi connectivity index (χ0v) is 10.1. The molecule has 0 saturated carbocycles. The molecule has 0 radical (unpaired) electrons. The summed E-state index contributed by atoms with van der Waals surface area (Å²) in [6.45, 7) is 1.21. The van der Waals surface area contributed by atoms with Crippen molar-refractivity contribution in [3.05, 3.63) is 28.0 Å². The third kappa shape index (κ3) is 3.52. The Kier molecular flexibility index (Phi) is 4.67. The van der Waals surface area contributed by atoms with E-state index in [0.717, 1.165) is 0 Å². The van der Waals surface area contributed by atoms with E-state index in [1.165, 1.54) is 6.92 Å². The Morgan fingerprint density at radius 1 is 1.47 bits per heavy atom. The number of esters is 1. The average molecular weight is 304 g/mol. The first-order chi connectivity index (χ1) is 8.68. The molecule has 19 heavy (non-hydrogen) atoms. The molecule has 0 aliphatic heterocycles. The number of hydrogen-bond donors (Lipinski definition) is 0. The first-order valence-corrected chi connectivity index (χ1v) is 5.29. The van der Waals surface area contributed by atoms with Crippen LogP contribution >= 0.6 is 11.6 Å². The molecule has 0 bridgehead atoms. The Balaban J connectivity index is 3.44. The fourth-order valence-electron chi connectivity index (χ4n) is 1.24. The summed E-state index contributed by atoms with van der Waals surface area (Å²) in [6, 6.07) is 0.217. The van der Waals surface area contributed by atoms with E-state index in [-0.39, 0.29) is 12.7 Å². The van der Waals surface area contributed by atoms with Crippen LogP contribution < -0.4 is 0 Å². The van der Waals surface area contributed by atoms with Gasteiger partial charge in [-0.15, -0.1) is 0 Å². The lowest BCUT2D eigenvalue weighted by atomic mass is 10.1. The fourth-order valence-corrected chi connectivity index (χ4v) is 1.49. The van der Waals surface area contributed by atoms with Crippen molar-refractivity contribution in [2.75, 3.05) is 6.61 Å². The van der Waals surface area contributed by atoms with Crippen LogP contribution in [0.25, 0.3) is 0 Å². The zero-order chi connectivity index (χ0) is 14.8. The molecular formula is C10H7ClF5NO2. The molecule has 0 fully saturated rings. The minimum absolute atomic E-state index is 0.175. The van der Waals surface area contributed by atoms with Gasteiger partial charge >= 0.3 is 12.1 Å². The zero-order valence-electron chi connectivity index (χ0n) is 9.39. The van der Waals surface area contributed by atoms with E-state index in [2.05, 4.69) is 9.72 Å². The molecule has 1 aromatic heterocycles. The Bertz CT molecular complexity index is 490. The van der Waals surface area contributed by atoms with Gasteiger partial charge in [-0.25, -0.2) is 18.6 Å². The van der Waals surface area contributed by atoms with Gasteiger partial charge in [0, 0.05) is 0 Å². The lowest BCUT2D eigenvalue weighted by molar-refractivity contribution is -0.137. The van der Waals surface area contributed by atoms with Crippen LogP contribution in [0.2, 0.25) is 5.15 Å². The van der Waals surface area contributed by atoms with Gasteiger partial charge in [-0.1, -0.05) is 11.6 Å². The number of rotatable bonds is 3. The van der Waals surface area contributed by atoms with Gasteiger partial charge in [0.25, 0.3) is 6.43 Å². The van der Waals surface area contributed by atoms with Gasteiger partial charge in [-0.3, -0.25) is 0 Å². The highest BCUT2D eigenvalue weighted by Gasteiger charge is 2.37. The second kappa shape index (κ2) is 5.68. The van der Waals surface area contributed by atoms with Crippen molar-refractivity contribution in [3.63, 3.8) is 0 Å². The number of halogens is 6. The number of carbonyl (C=O) groups is 1. The standard InChI is InChI=1S/C10H7ClF5NO2/c1-2-19-9(18)4-3-5(10(14,15)16)7(11)17-6(4)8(12)13/h3,8H,2H2,1H3. The van der Waals surface area contributed by atoms with E-state index in [0.29, 0.717) is 0 Å². The highest BCUT2D eigenvalue weighted by atomic mass is 35.5. The molecule has 106 valence electrons. The summed E-state index contributed by atoms with van der Waals surface area (Å²) in [6.07, 6.45) is -8.16. The summed E-state index contributed by atoms with van der Waals surface area (Å²) in [4.78, 5) is 14.3.